The van der Waals surface area contributed by atoms with Gasteiger partial charge in [-0.25, -0.2) is 8.78 Å². The molecule has 0 amide bonds. The van der Waals surface area contributed by atoms with Gasteiger partial charge >= 0.3 is 0 Å². The molecule has 0 saturated carbocycles. The summed E-state index contributed by atoms with van der Waals surface area (Å²) in [4.78, 5) is 0. The van der Waals surface area contributed by atoms with Gasteiger partial charge in [-0.3, -0.25) is 0 Å². The summed E-state index contributed by atoms with van der Waals surface area (Å²) >= 11 is 0. The number of rotatable bonds is 5. The van der Waals surface area contributed by atoms with Crippen molar-refractivity contribution in [3.63, 3.8) is 0 Å². The van der Waals surface area contributed by atoms with Crippen molar-refractivity contribution in [2.24, 2.45) is 0 Å². The highest BCUT2D eigenvalue weighted by Crippen LogP contribution is 2.37. The van der Waals surface area contributed by atoms with Gasteiger partial charge in [-0.15, -0.1) is 0 Å². The van der Waals surface area contributed by atoms with Crippen LogP contribution in [-0.2, 0) is 0 Å². The molecular formula is C22H18F4O2. The maximum atomic E-state index is 14.3. The molecule has 2 nitrogen and oxygen atoms in total. The van der Waals surface area contributed by atoms with Gasteiger partial charge in [-0.1, -0.05) is 38.1 Å². The molecule has 28 heavy (non-hydrogen) atoms. The van der Waals surface area contributed by atoms with Gasteiger partial charge in [0.2, 0.25) is 17.4 Å². The Kier molecular flexibility index (Phi) is 5.58. The Morgan fingerprint density at radius 3 is 1.71 bits per heavy atom. The average molecular weight is 390 g/mol. The summed E-state index contributed by atoms with van der Waals surface area (Å²) in [6.45, 7) is 3.16. The van der Waals surface area contributed by atoms with Gasteiger partial charge in [-0.2, -0.15) is 8.78 Å². The van der Waals surface area contributed by atoms with Crippen LogP contribution < -0.4 is 4.74 Å². The van der Waals surface area contributed by atoms with Crippen LogP contribution in [0.5, 0.6) is 17.2 Å². The fraction of sp³-hybridized carbons (Fsp3) is 0.182. The first kappa shape index (κ1) is 19.7. The normalized spacial score (nSPS) is 12.1. The number of halogens is 4. The predicted molar refractivity (Wildman–Crippen MR) is 98.6 cm³/mol. The number of hydrogen-bond donors (Lipinski definition) is 1. The van der Waals surface area contributed by atoms with Crippen LogP contribution in [0.15, 0.2) is 48.5 Å². The summed E-state index contributed by atoms with van der Waals surface area (Å²) in [5, 5.41) is 9.33. The van der Waals surface area contributed by atoms with Crippen molar-refractivity contribution in [3.8, 4) is 28.4 Å². The van der Waals surface area contributed by atoms with Gasteiger partial charge in [0.15, 0.2) is 11.6 Å². The van der Waals surface area contributed by atoms with E-state index in [1.54, 1.807) is 31.2 Å². The molecule has 0 fully saturated rings. The zero-order chi connectivity index (χ0) is 20.4. The molecule has 0 radical (unpaired) electrons. The van der Waals surface area contributed by atoms with E-state index in [9.17, 15) is 22.7 Å². The van der Waals surface area contributed by atoms with Crippen molar-refractivity contribution in [1.29, 1.82) is 0 Å². The maximum absolute atomic E-state index is 14.3. The highest BCUT2D eigenvalue weighted by molar-refractivity contribution is 5.65. The number of phenolic OH excluding ortho intramolecular Hbond substituents is 1. The van der Waals surface area contributed by atoms with E-state index in [0.717, 1.165) is 11.1 Å². The van der Waals surface area contributed by atoms with E-state index in [1.165, 1.54) is 31.2 Å². The third kappa shape index (κ3) is 3.67. The minimum absolute atomic E-state index is 0.0235. The molecule has 1 N–H and O–H groups in total. The van der Waals surface area contributed by atoms with Gasteiger partial charge in [-0.05, 0) is 47.7 Å². The van der Waals surface area contributed by atoms with E-state index < -0.39 is 40.5 Å². The SMILES string of the molecule is CCC(C)c1c(F)c(F)c(Oc2ccc(-c3ccc(O)cc3)cc2)c(F)c1F. The Balaban J connectivity index is 1.92. The monoisotopic (exact) mass is 390 g/mol. The van der Waals surface area contributed by atoms with Gasteiger partial charge in [0.1, 0.15) is 11.5 Å². The number of benzene rings is 3. The van der Waals surface area contributed by atoms with Crippen LogP contribution in [-0.4, -0.2) is 5.11 Å². The van der Waals surface area contributed by atoms with Crippen LogP contribution in [0, 0.1) is 23.3 Å². The van der Waals surface area contributed by atoms with E-state index in [4.69, 9.17) is 4.74 Å². The molecule has 3 aromatic carbocycles. The fourth-order valence-electron chi connectivity index (χ4n) is 2.84. The molecule has 1 unspecified atom stereocenters. The molecule has 0 spiro atoms. The number of hydrogen-bond acceptors (Lipinski definition) is 2. The van der Waals surface area contributed by atoms with Crippen LogP contribution in [0.1, 0.15) is 31.7 Å². The van der Waals surface area contributed by atoms with Gasteiger partial charge in [0, 0.05) is 5.56 Å². The lowest BCUT2D eigenvalue weighted by Gasteiger charge is -2.16. The number of phenols is 1. The Hall–Kier alpha value is -3.02. The standard InChI is InChI=1S/C22H18F4O2/c1-3-12(2)17-18(23)20(25)22(21(26)19(17)24)28-16-10-6-14(7-11-16)13-4-8-15(27)9-5-13/h4-12,27H,3H2,1-2H3. The molecule has 3 aromatic rings. The summed E-state index contributed by atoms with van der Waals surface area (Å²) in [7, 11) is 0. The van der Waals surface area contributed by atoms with Gasteiger partial charge in [0.25, 0.3) is 0 Å². The summed E-state index contributed by atoms with van der Waals surface area (Å²) in [5.74, 6) is -7.64. The Morgan fingerprint density at radius 2 is 1.25 bits per heavy atom. The minimum Gasteiger partial charge on any atom is -0.508 e. The van der Waals surface area contributed by atoms with Crippen molar-refractivity contribution in [2.75, 3.05) is 0 Å². The van der Waals surface area contributed by atoms with Crippen molar-refractivity contribution in [1.82, 2.24) is 0 Å². The van der Waals surface area contributed by atoms with Gasteiger partial charge < -0.3 is 9.84 Å². The summed E-state index contributed by atoms with van der Waals surface area (Å²) in [6.07, 6.45) is 0.325. The summed E-state index contributed by atoms with van der Waals surface area (Å²) in [6, 6.07) is 12.5. The van der Waals surface area contributed by atoms with Crippen LogP contribution in [0.3, 0.4) is 0 Å². The van der Waals surface area contributed by atoms with E-state index in [0.29, 0.717) is 6.42 Å². The van der Waals surface area contributed by atoms with E-state index >= 15 is 0 Å². The lowest BCUT2D eigenvalue weighted by Crippen LogP contribution is -2.08. The molecule has 1 atom stereocenters. The zero-order valence-electron chi connectivity index (χ0n) is 15.3. The lowest BCUT2D eigenvalue weighted by atomic mass is 9.96. The van der Waals surface area contributed by atoms with E-state index in [-0.39, 0.29) is 11.5 Å². The summed E-state index contributed by atoms with van der Waals surface area (Å²) in [5.41, 5.74) is 0.946. The van der Waals surface area contributed by atoms with Crippen LogP contribution in [0.25, 0.3) is 11.1 Å². The first-order valence-corrected chi connectivity index (χ1v) is 8.76. The number of aromatic hydroxyl groups is 1. The van der Waals surface area contributed by atoms with Crippen molar-refractivity contribution in [3.05, 3.63) is 77.4 Å². The topological polar surface area (TPSA) is 29.5 Å². The third-order valence-electron chi connectivity index (χ3n) is 4.64. The second kappa shape index (κ2) is 7.92. The minimum atomic E-state index is -1.56. The van der Waals surface area contributed by atoms with Crippen LogP contribution in [0.4, 0.5) is 17.6 Å². The lowest BCUT2D eigenvalue weighted by molar-refractivity contribution is 0.356. The van der Waals surface area contributed by atoms with Crippen molar-refractivity contribution >= 4 is 0 Å². The Labute approximate surface area is 160 Å². The largest absolute Gasteiger partial charge is 0.508 e. The van der Waals surface area contributed by atoms with E-state index in [2.05, 4.69) is 0 Å². The summed E-state index contributed by atoms with van der Waals surface area (Å²) < 4.78 is 62.3. The average Bonchev–Trinajstić information content (AvgIpc) is 2.71. The van der Waals surface area contributed by atoms with Crippen LogP contribution in [0.2, 0.25) is 0 Å². The molecule has 0 bridgehead atoms. The first-order valence-electron chi connectivity index (χ1n) is 8.76. The van der Waals surface area contributed by atoms with Crippen LogP contribution >= 0.6 is 0 Å². The molecule has 0 aromatic heterocycles. The second-order valence-corrected chi connectivity index (χ2v) is 6.48. The molecule has 3 rings (SSSR count). The molecule has 0 aliphatic rings. The first-order chi connectivity index (χ1) is 13.3. The third-order valence-corrected chi connectivity index (χ3v) is 4.64. The molecule has 0 aliphatic heterocycles. The van der Waals surface area contributed by atoms with Crippen molar-refractivity contribution < 1.29 is 27.4 Å². The van der Waals surface area contributed by atoms with Crippen molar-refractivity contribution in [2.45, 2.75) is 26.2 Å². The molecule has 0 aliphatic carbocycles. The Bertz CT molecular complexity index is 954. The highest BCUT2D eigenvalue weighted by Gasteiger charge is 2.29. The number of ether oxygens (including phenoxy) is 1. The smallest absolute Gasteiger partial charge is 0.204 e. The quantitative estimate of drug-likeness (QED) is 0.378. The second-order valence-electron chi connectivity index (χ2n) is 6.48. The molecule has 0 saturated heterocycles. The zero-order valence-corrected chi connectivity index (χ0v) is 15.3. The predicted octanol–water partition coefficient (Wildman–Crippen LogP) is 6.92. The van der Waals surface area contributed by atoms with Gasteiger partial charge in [0.05, 0.1) is 0 Å². The Morgan fingerprint density at radius 1 is 0.786 bits per heavy atom. The molecule has 6 heteroatoms. The maximum Gasteiger partial charge on any atom is 0.204 e. The fourth-order valence-corrected chi connectivity index (χ4v) is 2.84. The molecule has 0 heterocycles. The molecular weight excluding hydrogens is 372 g/mol. The van der Waals surface area contributed by atoms with E-state index in [1.807, 2.05) is 0 Å². The highest BCUT2D eigenvalue weighted by atomic mass is 19.2. The molecule has 146 valence electrons.